The van der Waals surface area contributed by atoms with Crippen molar-refractivity contribution in [3.63, 3.8) is 0 Å². The summed E-state index contributed by atoms with van der Waals surface area (Å²) in [6, 6.07) is 5.94. The average molecular weight is 375 g/mol. The highest BCUT2D eigenvalue weighted by atomic mass is 19.4. The maximum atomic E-state index is 12.6. The Hall–Kier alpha value is -3.12. The van der Waals surface area contributed by atoms with Crippen molar-refractivity contribution in [2.75, 3.05) is 18.9 Å². The molecule has 0 radical (unpaired) electrons. The van der Waals surface area contributed by atoms with Gasteiger partial charge >= 0.3 is 6.18 Å². The van der Waals surface area contributed by atoms with E-state index < -0.39 is 24.7 Å². The molecule has 0 unspecified atom stereocenters. The quantitative estimate of drug-likeness (QED) is 0.871. The van der Waals surface area contributed by atoms with Crippen molar-refractivity contribution in [3.8, 4) is 6.07 Å². The van der Waals surface area contributed by atoms with Gasteiger partial charge in [-0.2, -0.15) is 18.4 Å². The number of hydrogen-bond acceptors (Lipinski definition) is 4. The number of allylic oxidation sites excluding steroid dienone is 4. The maximum absolute atomic E-state index is 12.6. The maximum Gasteiger partial charge on any atom is 0.401 e. The van der Waals surface area contributed by atoms with Crippen molar-refractivity contribution < 1.29 is 18.0 Å². The van der Waals surface area contributed by atoms with Crippen LogP contribution in [0.2, 0.25) is 0 Å². The summed E-state index contributed by atoms with van der Waals surface area (Å²) in [7, 11) is 1.23. The van der Waals surface area contributed by atoms with Gasteiger partial charge in [-0.1, -0.05) is 6.08 Å². The Morgan fingerprint density at radius 2 is 2.15 bits per heavy atom. The van der Waals surface area contributed by atoms with Crippen LogP contribution in [0.5, 0.6) is 0 Å². The summed E-state index contributed by atoms with van der Waals surface area (Å²) < 4.78 is 39.3. The molecule has 1 amide bonds. The molecule has 0 spiro atoms. The molecular weight excluding hydrogens is 359 g/mol. The fourth-order valence-corrected chi connectivity index (χ4v) is 2.66. The molecule has 1 N–H and O–H groups in total. The summed E-state index contributed by atoms with van der Waals surface area (Å²) in [6.45, 7) is 0.196. The van der Waals surface area contributed by atoms with E-state index in [1.807, 2.05) is 6.07 Å². The van der Waals surface area contributed by atoms with Gasteiger partial charge in [0.2, 0.25) is 11.9 Å². The molecule has 1 aliphatic rings. The van der Waals surface area contributed by atoms with Crippen LogP contribution in [0.3, 0.4) is 0 Å². The normalized spacial score (nSPS) is 14.6. The van der Waals surface area contributed by atoms with Gasteiger partial charge in [0.05, 0.1) is 35.3 Å². The van der Waals surface area contributed by atoms with Crippen LogP contribution in [-0.2, 0) is 4.79 Å². The van der Waals surface area contributed by atoms with Crippen LogP contribution in [0.15, 0.2) is 36.4 Å². The number of aromatic nitrogens is 2. The third-order valence-corrected chi connectivity index (χ3v) is 4.28. The molecule has 1 heterocycles. The van der Waals surface area contributed by atoms with E-state index in [1.54, 1.807) is 41.0 Å². The van der Waals surface area contributed by atoms with E-state index in [0.717, 1.165) is 10.6 Å². The minimum Gasteiger partial charge on any atom is -0.294 e. The molecule has 2 aromatic rings. The average Bonchev–Trinajstić information content (AvgIpc) is 2.88. The first-order valence-corrected chi connectivity index (χ1v) is 8.09. The third kappa shape index (κ3) is 3.85. The first-order valence-electron chi connectivity index (χ1n) is 8.09. The largest absolute Gasteiger partial charge is 0.401 e. The SMILES string of the molecule is C[C@H](C(=O)Nc1nc2ccc(C#N)cc2n1C1=CC=C1)N(C)CC(F)(F)F. The lowest BCUT2D eigenvalue weighted by Crippen LogP contribution is -2.44. The number of halogens is 3. The molecule has 3 rings (SSSR count). The molecule has 1 aromatic carbocycles. The number of nitriles is 1. The summed E-state index contributed by atoms with van der Waals surface area (Å²) in [5.41, 5.74) is 2.36. The molecule has 0 fully saturated rings. The van der Waals surface area contributed by atoms with Crippen molar-refractivity contribution in [2.45, 2.75) is 19.1 Å². The molecule has 0 bridgehead atoms. The summed E-state index contributed by atoms with van der Waals surface area (Å²) in [5.74, 6) is -0.421. The van der Waals surface area contributed by atoms with E-state index in [4.69, 9.17) is 5.26 Å². The number of hydrogen-bond donors (Lipinski definition) is 1. The van der Waals surface area contributed by atoms with E-state index in [1.165, 1.54) is 14.0 Å². The molecule has 140 valence electrons. The minimum absolute atomic E-state index is 0.188. The molecule has 27 heavy (non-hydrogen) atoms. The smallest absolute Gasteiger partial charge is 0.294 e. The molecule has 9 heteroatoms. The third-order valence-electron chi connectivity index (χ3n) is 4.28. The molecule has 6 nitrogen and oxygen atoms in total. The standard InChI is InChI=1S/C18H16F3N5O/c1-11(25(2)10-18(19,20)21)16(27)24-17-23-14-7-6-12(9-22)8-15(14)26(17)13-4-3-5-13/h3-8,11H,10H2,1-2H3,(H,23,24,27)/t11-/m1/s1. The number of carbonyl (C=O) groups excluding carboxylic acids is 1. The van der Waals surface area contributed by atoms with E-state index in [9.17, 15) is 18.0 Å². The number of amides is 1. The van der Waals surface area contributed by atoms with Crippen LogP contribution in [0.25, 0.3) is 16.7 Å². The van der Waals surface area contributed by atoms with Crippen LogP contribution in [0, 0.1) is 11.3 Å². The Balaban J connectivity index is 1.90. The van der Waals surface area contributed by atoms with Crippen LogP contribution >= 0.6 is 0 Å². The first-order chi connectivity index (χ1) is 12.7. The first kappa shape index (κ1) is 18.7. The van der Waals surface area contributed by atoms with Gasteiger partial charge < -0.3 is 0 Å². The van der Waals surface area contributed by atoms with E-state index in [2.05, 4.69) is 10.3 Å². The summed E-state index contributed by atoms with van der Waals surface area (Å²) >= 11 is 0. The minimum atomic E-state index is -4.40. The fourth-order valence-electron chi connectivity index (χ4n) is 2.66. The van der Waals surface area contributed by atoms with Crippen LogP contribution in [0.4, 0.5) is 19.1 Å². The van der Waals surface area contributed by atoms with Crippen LogP contribution in [-0.4, -0.2) is 46.2 Å². The predicted octanol–water partition coefficient (Wildman–Crippen LogP) is 3.14. The van der Waals surface area contributed by atoms with Crippen molar-refractivity contribution in [1.29, 1.82) is 5.26 Å². The van der Waals surface area contributed by atoms with Crippen molar-refractivity contribution in [2.24, 2.45) is 0 Å². The monoisotopic (exact) mass is 375 g/mol. The highest BCUT2D eigenvalue weighted by Gasteiger charge is 2.33. The summed E-state index contributed by atoms with van der Waals surface area (Å²) in [5, 5.41) is 11.7. The molecular formula is C18H16F3N5O. The Bertz CT molecular complexity index is 997. The number of benzene rings is 1. The van der Waals surface area contributed by atoms with Gasteiger partial charge in [-0.05, 0) is 44.3 Å². The van der Waals surface area contributed by atoms with E-state index >= 15 is 0 Å². The van der Waals surface area contributed by atoms with E-state index in [-0.39, 0.29) is 5.95 Å². The Labute approximate surface area is 153 Å². The molecule has 1 aromatic heterocycles. The van der Waals surface area contributed by atoms with Gasteiger partial charge in [-0.15, -0.1) is 0 Å². The Morgan fingerprint density at radius 3 is 2.70 bits per heavy atom. The number of anilines is 1. The number of fused-ring (bicyclic) bond motifs is 1. The Morgan fingerprint density at radius 1 is 1.44 bits per heavy atom. The van der Waals surface area contributed by atoms with Gasteiger partial charge in [0, 0.05) is 5.70 Å². The van der Waals surface area contributed by atoms with Gasteiger partial charge in [0.1, 0.15) is 0 Å². The summed E-state index contributed by atoms with van der Waals surface area (Å²) in [4.78, 5) is 17.7. The number of likely N-dealkylation sites (N-methyl/N-ethyl adjacent to an activating group) is 1. The Kier molecular flexibility index (Phi) is 4.76. The molecule has 0 aliphatic heterocycles. The topological polar surface area (TPSA) is 74.0 Å². The zero-order valence-corrected chi connectivity index (χ0v) is 14.6. The highest BCUT2D eigenvalue weighted by molar-refractivity contribution is 5.97. The van der Waals surface area contributed by atoms with Crippen LogP contribution < -0.4 is 5.32 Å². The van der Waals surface area contributed by atoms with E-state index in [0.29, 0.717) is 16.6 Å². The van der Waals surface area contributed by atoms with Crippen LogP contribution in [0.1, 0.15) is 12.5 Å². The lowest BCUT2D eigenvalue weighted by atomic mass is 10.2. The van der Waals surface area contributed by atoms with Gasteiger partial charge in [-0.3, -0.25) is 19.6 Å². The van der Waals surface area contributed by atoms with Gasteiger partial charge in [0.15, 0.2) is 0 Å². The zero-order valence-electron chi connectivity index (χ0n) is 14.6. The number of nitrogens with zero attached hydrogens (tertiary/aromatic N) is 4. The predicted molar refractivity (Wildman–Crippen MR) is 94.6 cm³/mol. The number of imidazole rings is 1. The van der Waals surface area contributed by atoms with Gasteiger partial charge in [0.25, 0.3) is 0 Å². The second kappa shape index (κ2) is 6.89. The highest BCUT2D eigenvalue weighted by Crippen LogP contribution is 2.28. The molecule has 0 saturated heterocycles. The van der Waals surface area contributed by atoms with Crippen molar-refractivity contribution >= 4 is 28.6 Å². The van der Waals surface area contributed by atoms with Crippen molar-refractivity contribution in [1.82, 2.24) is 14.5 Å². The molecule has 1 aliphatic carbocycles. The lowest BCUT2D eigenvalue weighted by Gasteiger charge is -2.25. The van der Waals surface area contributed by atoms with Crippen molar-refractivity contribution in [3.05, 3.63) is 42.0 Å². The second-order valence-electron chi connectivity index (χ2n) is 6.23. The molecule has 1 atom stereocenters. The second-order valence-corrected chi connectivity index (χ2v) is 6.23. The van der Waals surface area contributed by atoms with Gasteiger partial charge in [-0.25, -0.2) is 4.98 Å². The number of alkyl halides is 3. The fraction of sp³-hybridized carbons (Fsp3) is 0.278. The number of nitrogens with one attached hydrogen (secondary N) is 1. The lowest BCUT2D eigenvalue weighted by molar-refractivity contribution is -0.149. The molecule has 0 saturated carbocycles. The summed E-state index contributed by atoms with van der Waals surface area (Å²) in [6.07, 6.45) is 1.01. The number of rotatable bonds is 5. The number of carbonyl (C=O) groups is 1. The zero-order chi connectivity index (χ0) is 19.8.